The highest BCUT2D eigenvalue weighted by atomic mass is 32.2. The van der Waals surface area contributed by atoms with Gasteiger partial charge in [-0.15, -0.1) is 0 Å². The molecule has 0 bridgehead atoms. The zero-order valence-electron chi connectivity index (χ0n) is 12.6. The Bertz CT molecular complexity index is 754. The summed E-state index contributed by atoms with van der Waals surface area (Å²) in [6, 6.07) is 16.0. The first-order valence-corrected chi connectivity index (χ1v) is 8.90. The zero-order valence-corrected chi connectivity index (χ0v) is 13.4. The first-order chi connectivity index (χ1) is 10.4. The third-order valence-corrected chi connectivity index (χ3v) is 4.57. The number of sulfone groups is 1. The van der Waals surface area contributed by atoms with Crippen LogP contribution in [0.25, 0.3) is 0 Å². The Balaban J connectivity index is 2.04. The Kier molecular flexibility index (Phi) is 4.98. The lowest BCUT2D eigenvalue weighted by Gasteiger charge is -2.13. The molecule has 2 aromatic rings. The first kappa shape index (κ1) is 16.2. The first-order valence-electron chi connectivity index (χ1n) is 7.01. The molecule has 22 heavy (non-hydrogen) atoms. The molecule has 116 valence electrons. The molecule has 2 aromatic carbocycles. The van der Waals surface area contributed by atoms with Crippen molar-refractivity contribution >= 4 is 15.7 Å². The van der Waals surface area contributed by atoms with E-state index in [0.29, 0.717) is 12.1 Å². The number of carbonyl (C=O) groups excluding carboxylic acids is 1. The van der Waals surface area contributed by atoms with Gasteiger partial charge < -0.3 is 5.32 Å². The van der Waals surface area contributed by atoms with Crippen molar-refractivity contribution in [2.24, 2.45) is 0 Å². The minimum atomic E-state index is -3.31. The molecular formula is C17H19NO3S. The Morgan fingerprint density at radius 3 is 2.41 bits per heavy atom. The highest BCUT2D eigenvalue weighted by molar-refractivity contribution is 7.90. The summed E-state index contributed by atoms with van der Waals surface area (Å²) in [5, 5.41) is 2.84. The van der Waals surface area contributed by atoms with Gasteiger partial charge in [0.2, 0.25) is 0 Å². The number of benzene rings is 2. The van der Waals surface area contributed by atoms with E-state index >= 15 is 0 Å². The van der Waals surface area contributed by atoms with Gasteiger partial charge in [0.05, 0.1) is 4.90 Å². The highest BCUT2D eigenvalue weighted by Crippen LogP contribution is 2.14. The molecule has 0 heterocycles. The van der Waals surface area contributed by atoms with Gasteiger partial charge in [-0.3, -0.25) is 4.79 Å². The van der Waals surface area contributed by atoms with E-state index in [1.807, 2.05) is 37.3 Å². The van der Waals surface area contributed by atoms with E-state index in [2.05, 4.69) is 5.32 Å². The number of carbonyl (C=O) groups is 1. The van der Waals surface area contributed by atoms with E-state index in [9.17, 15) is 13.2 Å². The molecule has 0 spiro atoms. The van der Waals surface area contributed by atoms with Crippen molar-refractivity contribution in [3.05, 3.63) is 65.7 Å². The predicted molar refractivity (Wildman–Crippen MR) is 86.7 cm³/mol. The second-order valence-corrected chi connectivity index (χ2v) is 7.34. The SMILES string of the molecule is CC(CNC(=O)c1cccc(S(C)(=O)=O)c1)c1ccccc1. The van der Waals surface area contributed by atoms with Gasteiger partial charge in [0.1, 0.15) is 0 Å². The van der Waals surface area contributed by atoms with Gasteiger partial charge in [0.25, 0.3) is 5.91 Å². The van der Waals surface area contributed by atoms with E-state index in [-0.39, 0.29) is 16.7 Å². The van der Waals surface area contributed by atoms with E-state index < -0.39 is 9.84 Å². The van der Waals surface area contributed by atoms with Crippen molar-refractivity contribution < 1.29 is 13.2 Å². The topological polar surface area (TPSA) is 63.2 Å². The molecule has 1 atom stereocenters. The van der Waals surface area contributed by atoms with E-state index in [0.717, 1.165) is 11.8 Å². The third-order valence-electron chi connectivity index (χ3n) is 3.46. The van der Waals surface area contributed by atoms with Crippen LogP contribution in [0.1, 0.15) is 28.8 Å². The molecule has 0 aliphatic carbocycles. The molecule has 0 radical (unpaired) electrons. The predicted octanol–water partition coefficient (Wildman–Crippen LogP) is 2.62. The molecule has 1 N–H and O–H groups in total. The van der Waals surface area contributed by atoms with Crippen molar-refractivity contribution in [3.63, 3.8) is 0 Å². The third kappa shape index (κ3) is 4.18. The molecule has 0 aromatic heterocycles. The number of amides is 1. The molecule has 5 heteroatoms. The lowest BCUT2D eigenvalue weighted by molar-refractivity contribution is 0.0951. The molecule has 0 saturated carbocycles. The summed E-state index contributed by atoms with van der Waals surface area (Å²) in [4.78, 5) is 12.3. The summed E-state index contributed by atoms with van der Waals surface area (Å²) in [6.45, 7) is 2.52. The fourth-order valence-electron chi connectivity index (χ4n) is 2.12. The van der Waals surface area contributed by atoms with E-state index in [1.54, 1.807) is 12.1 Å². The van der Waals surface area contributed by atoms with Gasteiger partial charge >= 0.3 is 0 Å². The van der Waals surface area contributed by atoms with Crippen LogP contribution in [0.15, 0.2) is 59.5 Å². The van der Waals surface area contributed by atoms with Crippen LogP contribution in [-0.4, -0.2) is 27.1 Å². The Labute approximate surface area is 131 Å². The zero-order chi connectivity index (χ0) is 16.2. The van der Waals surface area contributed by atoms with Crippen LogP contribution in [0, 0.1) is 0 Å². The summed E-state index contributed by atoms with van der Waals surface area (Å²) in [5.41, 5.74) is 1.50. The molecule has 0 aliphatic rings. The van der Waals surface area contributed by atoms with Gasteiger partial charge in [0.15, 0.2) is 9.84 Å². The van der Waals surface area contributed by atoms with Crippen LogP contribution in [-0.2, 0) is 9.84 Å². The monoisotopic (exact) mass is 317 g/mol. The second-order valence-electron chi connectivity index (χ2n) is 5.32. The van der Waals surface area contributed by atoms with E-state index in [1.165, 1.54) is 12.1 Å². The van der Waals surface area contributed by atoms with Crippen molar-refractivity contribution in [2.45, 2.75) is 17.7 Å². The van der Waals surface area contributed by atoms with E-state index in [4.69, 9.17) is 0 Å². The minimum absolute atomic E-state index is 0.149. The summed E-state index contributed by atoms with van der Waals surface area (Å²) in [7, 11) is -3.31. The molecule has 4 nitrogen and oxygen atoms in total. The van der Waals surface area contributed by atoms with Crippen molar-refractivity contribution in [1.82, 2.24) is 5.32 Å². The van der Waals surface area contributed by atoms with Gasteiger partial charge in [-0.2, -0.15) is 0 Å². The summed E-state index contributed by atoms with van der Waals surface area (Å²) in [6.07, 6.45) is 1.13. The average Bonchev–Trinajstić information content (AvgIpc) is 2.52. The van der Waals surface area contributed by atoms with Crippen molar-refractivity contribution in [3.8, 4) is 0 Å². The molecule has 1 unspecified atom stereocenters. The van der Waals surface area contributed by atoms with Gasteiger partial charge in [-0.05, 0) is 29.7 Å². The van der Waals surface area contributed by atoms with Crippen LogP contribution in [0.4, 0.5) is 0 Å². The maximum atomic E-state index is 12.2. The van der Waals surface area contributed by atoms with Crippen LogP contribution in [0.2, 0.25) is 0 Å². The average molecular weight is 317 g/mol. The number of hydrogen-bond donors (Lipinski definition) is 1. The maximum Gasteiger partial charge on any atom is 0.251 e. The van der Waals surface area contributed by atoms with Crippen LogP contribution in [0.5, 0.6) is 0 Å². The Hall–Kier alpha value is -2.14. The van der Waals surface area contributed by atoms with Crippen molar-refractivity contribution in [2.75, 3.05) is 12.8 Å². The summed E-state index contributed by atoms with van der Waals surface area (Å²) >= 11 is 0. The smallest absolute Gasteiger partial charge is 0.251 e. The lowest BCUT2D eigenvalue weighted by atomic mass is 10.0. The molecule has 0 saturated heterocycles. The van der Waals surface area contributed by atoms with Gasteiger partial charge in [0, 0.05) is 18.4 Å². The van der Waals surface area contributed by atoms with Crippen LogP contribution in [0.3, 0.4) is 0 Å². The van der Waals surface area contributed by atoms with Crippen LogP contribution < -0.4 is 5.32 Å². The van der Waals surface area contributed by atoms with Crippen molar-refractivity contribution in [1.29, 1.82) is 0 Å². The van der Waals surface area contributed by atoms with Gasteiger partial charge in [-0.25, -0.2) is 8.42 Å². The quantitative estimate of drug-likeness (QED) is 0.922. The molecule has 2 rings (SSSR count). The Morgan fingerprint density at radius 2 is 1.77 bits per heavy atom. The normalized spacial score (nSPS) is 12.6. The second kappa shape index (κ2) is 6.75. The minimum Gasteiger partial charge on any atom is -0.351 e. The number of hydrogen-bond acceptors (Lipinski definition) is 3. The van der Waals surface area contributed by atoms with Gasteiger partial charge in [-0.1, -0.05) is 43.3 Å². The molecular weight excluding hydrogens is 298 g/mol. The summed E-state index contributed by atoms with van der Waals surface area (Å²) < 4.78 is 23.1. The largest absolute Gasteiger partial charge is 0.351 e. The fraction of sp³-hybridized carbons (Fsp3) is 0.235. The maximum absolute atomic E-state index is 12.2. The van der Waals surface area contributed by atoms with Crippen LogP contribution >= 0.6 is 0 Å². The lowest BCUT2D eigenvalue weighted by Crippen LogP contribution is -2.27. The fourth-order valence-corrected chi connectivity index (χ4v) is 2.78. The number of nitrogens with one attached hydrogen (secondary N) is 1. The highest BCUT2D eigenvalue weighted by Gasteiger charge is 2.12. The Morgan fingerprint density at radius 1 is 1.09 bits per heavy atom. The molecule has 1 amide bonds. The number of rotatable bonds is 5. The standard InChI is InChI=1S/C17H19NO3S/c1-13(14-7-4-3-5-8-14)12-18-17(19)15-9-6-10-16(11-15)22(2,20)21/h3-11,13H,12H2,1-2H3,(H,18,19). The molecule has 0 aliphatic heterocycles. The molecule has 0 fully saturated rings. The summed E-state index contributed by atoms with van der Waals surface area (Å²) in [5.74, 6) is -0.0866.